The van der Waals surface area contributed by atoms with Crippen LogP contribution in [-0.4, -0.2) is 24.6 Å². The summed E-state index contributed by atoms with van der Waals surface area (Å²) in [4.78, 5) is 15.7. The number of nitrogens with zero attached hydrogens (tertiary/aromatic N) is 1. The molecule has 1 aromatic rings. The second-order valence-electron chi connectivity index (χ2n) is 5.61. The van der Waals surface area contributed by atoms with Gasteiger partial charge >= 0.3 is 5.97 Å². The number of hydrogen-bond acceptors (Lipinski definition) is 5. The standard InChI is InChI=1S/C14H23N3O2/c1-9(2)14(3,4)8-17-12-11(15)10(6-7-16-12)13(18)19-5/h6-7,9H,8,15H2,1-5H3,(H,16,17). The molecule has 106 valence electrons. The quantitative estimate of drug-likeness (QED) is 0.800. The first-order valence-electron chi connectivity index (χ1n) is 6.36. The van der Waals surface area contributed by atoms with Gasteiger partial charge in [-0.3, -0.25) is 0 Å². The Morgan fingerprint density at radius 2 is 2.16 bits per heavy atom. The number of carbonyl (C=O) groups excluding carboxylic acids is 1. The van der Waals surface area contributed by atoms with E-state index in [1.165, 1.54) is 7.11 Å². The first-order valence-corrected chi connectivity index (χ1v) is 6.36. The number of pyridine rings is 1. The molecule has 0 atom stereocenters. The summed E-state index contributed by atoms with van der Waals surface area (Å²) in [7, 11) is 1.33. The molecule has 0 saturated carbocycles. The zero-order valence-corrected chi connectivity index (χ0v) is 12.3. The number of carbonyl (C=O) groups is 1. The fourth-order valence-corrected chi connectivity index (χ4v) is 1.42. The molecule has 0 bridgehead atoms. The molecule has 0 aliphatic carbocycles. The van der Waals surface area contributed by atoms with E-state index in [0.717, 1.165) is 6.54 Å². The van der Waals surface area contributed by atoms with Gasteiger partial charge in [0.2, 0.25) is 0 Å². The highest BCUT2D eigenvalue weighted by Gasteiger charge is 2.23. The minimum Gasteiger partial charge on any atom is -0.465 e. The topological polar surface area (TPSA) is 77.2 Å². The Hall–Kier alpha value is -1.78. The third-order valence-electron chi connectivity index (χ3n) is 3.67. The normalized spacial score (nSPS) is 11.5. The SMILES string of the molecule is COC(=O)c1ccnc(NCC(C)(C)C(C)C)c1N. The van der Waals surface area contributed by atoms with E-state index < -0.39 is 5.97 Å². The lowest BCUT2D eigenvalue weighted by molar-refractivity contribution is 0.0602. The Bertz CT molecular complexity index is 456. The van der Waals surface area contributed by atoms with Crippen molar-refractivity contribution >= 4 is 17.5 Å². The van der Waals surface area contributed by atoms with Crippen LogP contribution in [0.25, 0.3) is 0 Å². The molecule has 0 radical (unpaired) electrons. The molecule has 0 aliphatic heterocycles. The molecule has 0 unspecified atom stereocenters. The molecule has 3 N–H and O–H groups in total. The first-order chi connectivity index (χ1) is 8.79. The van der Waals surface area contributed by atoms with Gasteiger partial charge in [-0.25, -0.2) is 9.78 Å². The summed E-state index contributed by atoms with van der Waals surface area (Å²) >= 11 is 0. The molecule has 0 amide bonds. The minimum absolute atomic E-state index is 0.107. The molecular formula is C14H23N3O2. The number of hydrogen-bond donors (Lipinski definition) is 2. The molecule has 0 spiro atoms. The lowest BCUT2D eigenvalue weighted by Crippen LogP contribution is -2.29. The van der Waals surface area contributed by atoms with E-state index in [0.29, 0.717) is 23.0 Å². The van der Waals surface area contributed by atoms with Crippen LogP contribution in [0, 0.1) is 11.3 Å². The predicted octanol–water partition coefficient (Wildman–Crippen LogP) is 2.54. The minimum atomic E-state index is -0.453. The maximum atomic E-state index is 11.5. The number of methoxy groups -OCH3 is 1. The largest absolute Gasteiger partial charge is 0.465 e. The summed E-state index contributed by atoms with van der Waals surface area (Å²) in [6.45, 7) is 9.41. The van der Waals surface area contributed by atoms with Crippen LogP contribution in [0.4, 0.5) is 11.5 Å². The van der Waals surface area contributed by atoms with Gasteiger partial charge in [-0.1, -0.05) is 27.7 Å². The van der Waals surface area contributed by atoms with E-state index in [1.807, 2.05) is 0 Å². The Kier molecular flexibility index (Phi) is 4.75. The fraction of sp³-hybridized carbons (Fsp3) is 0.571. The van der Waals surface area contributed by atoms with Gasteiger partial charge in [0.05, 0.1) is 18.4 Å². The highest BCUT2D eigenvalue weighted by molar-refractivity contribution is 5.97. The van der Waals surface area contributed by atoms with Gasteiger partial charge in [0.15, 0.2) is 0 Å². The average Bonchev–Trinajstić information content (AvgIpc) is 2.36. The van der Waals surface area contributed by atoms with E-state index in [9.17, 15) is 4.79 Å². The molecule has 0 fully saturated rings. The average molecular weight is 265 g/mol. The summed E-state index contributed by atoms with van der Waals surface area (Å²) in [5.41, 5.74) is 6.71. The van der Waals surface area contributed by atoms with Crippen LogP contribution >= 0.6 is 0 Å². The summed E-state index contributed by atoms with van der Waals surface area (Å²) in [6.07, 6.45) is 1.55. The van der Waals surface area contributed by atoms with Crippen LogP contribution in [-0.2, 0) is 4.74 Å². The van der Waals surface area contributed by atoms with Gasteiger partial charge in [-0.15, -0.1) is 0 Å². The van der Waals surface area contributed by atoms with Gasteiger partial charge in [0.1, 0.15) is 5.82 Å². The van der Waals surface area contributed by atoms with Crippen molar-refractivity contribution in [2.45, 2.75) is 27.7 Å². The first kappa shape index (κ1) is 15.3. The van der Waals surface area contributed by atoms with E-state index in [-0.39, 0.29) is 5.41 Å². The molecule has 5 heteroatoms. The zero-order valence-electron chi connectivity index (χ0n) is 12.3. The van der Waals surface area contributed by atoms with Crippen LogP contribution in [0.5, 0.6) is 0 Å². The predicted molar refractivity (Wildman–Crippen MR) is 77.1 cm³/mol. The van der Waals surface area contributed by atoms with Crippen molar-refractivity contribution in [2.75, 3.05) is 24.7 Å². The summed E-state index contributed by atoms with van der Waals surface area (Å²) < 4.78 is 4.68. The van der Waals surface area contributed by atoms with E-state index in [1.54, 1.807) is 12.3 Å². The van der Waals surface area contributed by atoms with E-state index >= 15 is 0 Å². The molecule has 0 saturated heterocycles. The van der Waals surface area contributed by atoms with Gasteiger partial charge in [0, 0.05) is 12.7 Å². The Morgan fingerprint density at radius 3 is 2.68 bits per heavy atom. The Balaban J connectivity index is 2.89. The van der Waals surface area contributed by atoms with Crippen molar-refractivity contribution < 1.29 is 9.53 Å². The lowest BCUT2D eigenvalue weighted by Gasteiger charge is -2.29. The monoisotopic (exact) mass is 265 g/mol. The highest BCUT2D eigenvalue weighted by Crippen LogP contribution is 2.28. The van der Waals surface area contributed by atoms with Crippen LogP contribution in [0.3, 0.4) is 0 Å². The second kappa shape index (κ2) is 5.91. The smallest absolute Gasteiger partial charge is 0.340 e. The van der Waals surface area contributed by atoms with Gasteiger partial charge in [-0.2, -0.15) is 0 Å². The van der Waals surface area contributed by atoms with Crippen LogP contribution < -0.4 is 11.1 Å². The number of rotatable bonds is 5. The number of nitrogen functional groups attached to an aromatic ring is 1. The molecule has 1 aromatic heterocycles. The van der Waals surface area contributed by atoms with Gasteiger partial charge in [-0.05, 0) is 17.4 Å². The molecule has 0 aromatic carbocycles. The maximum absolute atomic E-state index is 11.5. The number of nitrogens with one attached hydrogen (secondary N) is 1. The molecule has 0 aliphatic rings. The molecule has 1 rings (SSSR count). The lowest BCUT2D eigenvalue weighted by atomic mass is 9.81. The zero-order chi connectivity index (χ0) is 14.6. The van der Waals surface area contributed by atoms with Crippen molar-refractivity contribution in [3.05, 3.63) is 17.8 Å². The van der Waals surface area contributed by atoms with E-state index in [2.05, 4.69) is 42.7 Å². The Morgan fingerprint density at radius 1 is 1.53 bits per heavy atom. The van der Waals surface area contributed by atoms with Gasteiger partial charge < -0.3 is 15.8 Å². The number of aromatic nitrogens is 1. The van der Waals surface area contributed by atoms with Gasteiger partial charge in [0.25, 0.3) is 0 Å². The number of esters is 1. The van der Waals surface area contributed by atoms with E-state index in [4.69, 9.17) is 5.73 Å². The number of ether oxygens (including phenoxy) is 1. The molecule has 19 heavy (non-hydrogen) atoms. The molecule has 5 nitrogen and oxygen atoms in total. The third kappa shape index (κ3) is 3.59. The number of nitrogens with two attached hydrogens (primary N) is 1. The van der Waals surface area contributed by atoms with Crippen molar-refractivity contribution in [3.63, 3.8) is 0 Å². The van der Waals surface area contributed by atoms with Crippen LogP contribution in [0.15, 0.2) is 12.3 Å². The summed E-state index contributed by atoms with van der Waals surface area (Å²) in [5, 5.41) is 3.21. The Labute approximate surface area is 114 Å². The van der Waals surface area contributed by atoms with Crippen LogP contribution in [0.1, 0.15) is 38.1 Å². The molecule has 1 heterocycles. The van der Waals surface area contributed by atoms with Crippen molar-refractivity contribution in [1.29, 1.82) is 0 Å². The van der Waals surface area contributed by atoms with Crippen molar-refractivity contribution in [2.24, 2.45) is 11.3 Å². The third-order valence-corrected chi connectivity index (χ3v) is 3.67. The summed E-state index contributed by atoms with van der Waals surface area (Å²) in [6, 6.07) is 1.56. The maximum Gasteiger partial charge on any atom is 0.340 e. The van der Waals surface area contributed by atoms with Crippen LogP contribution in [0.2, 0.25) is 0 Å². The molecular weight excluding hydrogens is 242 g/mol. The second-order valence-corrected chi connectivity index (χ2v) is 5.61. The highest BCUT2D eigenvalue weighted by atomic mass is 16.5. The fourth-order valence-electron chi connectivity index (χ4n) is 1.42. The summed E-state index contributed by atoms with van der Waals surface area (Å²) in [5.74, 6) is 0.590. The number of anilines is 2. The van der Waals surface area contributed by atoms with Crippen molar-refractivity contribution in [3.8, 4) is 0 Å². The van der Waals surface area contributed by atoms with Crippen molar-refractivity contribution in [1.82, 2.24) is 4.98 Å².